The summed E-state index contributed by atoms with van der Waals surface area (Å²) in [6, 6.07) is 0. The van der Waals surface area contributed by atoms with Crippen LogP contribution in [0.25, 0.3) is 0 Å². The van der Waals surface area contributed by atoms with Gasteiger partial charge in [0.2, 0.25) is 5.91 Å². The van der Waals surface area contributed by atoms with Crippen LogP contribution in [0.3, 0.4) is 0 Å². The third-order valence-electron chi connectivity index (χ3n) is 2.88. The standard InChI is InChI=1S/C13H27IN2O4S/c1-11(2,15)7-9(13(5,6)14)10(17)16-12(3,4)8-21(18,19)20/h9H,7-8,15H2,1-6H3,(H,16,17)(H,18,19,20). The predicted octanol–water partition coefficient (Wildman–Crippen LogP) is 1.73. The van der Waals surface area contributed by atoms with Crippen molar-refractivity contribution in [2.75, 3.05) is 5.75 Å². The van der Waals surface area contributed by atoms with Crippen LogP contribution in [0.2, 0.25) is 0 Å². The molecule has 126 valence electrons. The first-order valence-electron chi connectivity index (χ1n) is 6.68. The molecule has 4 N–H and O–H groups in total. The minimum Gasteiger partial charge on any atom is -0.350 e. The maximum atomic E-state index is 12.5. The lowest BCUT2D eigenvalue weighted by atomic mass is 9.83. The zero-order valence-electron chi connectivity index (χ0n) is 13.5. The summed E-state index contributed by atoms with van der Waals surface area (Å²) in [5.41, 5.74) is 4.45. The molecule has 0 rings (SSSR count). The molecule has 0 aliphatic carbocycles. The van der Waals surface area contributed by atoms with Crippen molar-refractivity contribution in [1.82, 2.24) is 5.32 Å². The molecule has 0 saturated carbocycles. The largest absolute Gasteiger partial charge is 0.350 e. The van der Waals surface area contributed by atoms with Crippen molar-refractivity contribution < 1.29 is 17.8 Å². The van der Waals surface area contributed by atoms with Gasteiger partial charge in [0.1, 0.15) is 0 Å². The molecule has 0 aromatic carbocycles. The van der Waals surface area contributed by atoms with Crippen molar-refractivity contribution in [3.05, 3.63) is 0 Å². The van der Waals surface area contributed by atoms with Crippen molar-refractivity contribution in [3.8, 4) is 0 Å². The number of carbonyl (C=O) groups is 1. The summed E-state index contributed by atoms with van der Waals surface area (Å²) in [5.74, 6) is -1.17. The molecule has 0 saturated heterocycles. The molecule has 21 heavy (non-hydrogen) atoms. The van der Waals surface area contributed by atoms with Gasteiger partial charge in [-0.15, -0.1) is 0 Å². The Morgan fingerprint density at radius 3 is 1.95 bits per heavy atom. The molecule has 1 unspecified atom stereocenters. The summed E-state index contributed by atoms with van der Waals surface area (Å²) in [5, 5.41) is 2.70. The number of halogens is 1. The zero-order valence-corrected chi connectivity index (χ0v) is 16.5. The Hall–Kier alpha value is 0.0700. The Bertz CT molecular complexity index is 475. The van der Waals surface area contributed by atoms with E-state index in [1.54, 1.807) is 13.8 Å². The van der Waals surface area contributed by atoms with Crippen LogP contribution < -0.4 is 11.1 Å². The normalized spacial score (nSPS) is 15.7. The lowest BCUT2D eigenvalue weighted by Crippen LogP contribution is -2.54. The summed E-state index contributed by atoms with van der Waals surface area (Å²) < 4.78 is 30.6. The van der Waals surface area contributed by atoms with Crippen LogP contribution >= 0.6 is 22.6 Å². The quantitative estimate of drug-likeness (QED) is 0.321. The Morgan fingerprint density at radius 2 is 1.67 bits per heavy atom. The number of nitrogens with two attached hydrogens (primary N) is 1. The van der Waals surface area contributed by atoms with Gasteiger partial charge in [-0.2, -0.15) is 8.42 Å². The molecule has 8 heteroatoms. The summed E-state index contributed by atoms with van der Waals surface area (Å²) in [6.45, 7) is 10.7. The molecule has 0 fully saturated rings. The van der Waals surface area contributed by atoms with Crippen molar-refractivity contribution >= 4 is 38.6 Å². The highest BCUT2D eigenvalue weighted by molar-refractivity contribution is 14.1. The monoisotopic (exact) mass is 434 g/mol. The summed E-state index contributed by atoms with van der Waals surface area (Å²) >= 11 is 2.19. The molecule has 0 bridgehead atoms. The number of carbonyl (C=O) groups excluding carboxylic acids is 1. The number of rotatable bonds is 7. The number of nitrogens with one attached hydrogen (secondary N) is 1. The Labute approximate surface area is 141 Å². The molecule has 0 spiro atoms. The van der Waals surface area contributed by atoms with Gasteiger partial charge in [-0.3, -0.25) is 9.35 Å². The number of alkyl halides is 1. The minimum atomic E-state index is -4.17. The van der Waals surface area contributed by atoms with E-state index in [1.807, 2.05) is 27.7 Å². The van der Waals surface area contributed by atoms with E-state index in [0.29, 0.717) is 6.42 Å². The predicted molar refractivity (Wildman–Crippen MR) is 93.1 cm³/mol. The highest BCUT2D eigenvalue weighted by Gasteiger charge is 2.38. The average molecular weight is 434 g/mol. The van der Waals surface area contributed by atoms with Crippen molar-refractivity contribution in [1.29, 1.82) is 0 Å². The third-order valence-corrected chi connectivity index (χ3v) is 4.72. The number of hydrogen-bond donors (Lipinski definition) is 3. The molecule has 0 aliphatic rings. The molecule has 0 aromatic rings. The topological polar surface area (TPSA) is 109 Å². The fourth-order valence-electron chi connectivity index (χ4n) is 2.09. The summed E-state index contributed by atoms with van der Waals surface area (Å²) in [4.78, 5) is 12.5. The zero-order chi connectivity index (χ0) is 17.3. The first kappa shape index (κ1) is 21.1. The molecule has 1 amide bonds. The van der Waals surface area contributed by atoms with E-state index in [2.05, 4.69) is 27.9 Å². The number of hydrogen-bond acceptors (Lipinski definition) is 4. The van der Waals surface area contributed by atoms with Crippen LogP contribution in [0.4, 0.5) is 0 Å². The second kappa shape index (κ2) is 6.67. The maximum absolute atomic E-state index is 12.5. The lowest BCUT2D eigenvalue weighted by Gasteiger charge is -2.36. The van der Waals surface area contributed by atoms with E-state index in [1.165, 1.54) is 0 Å². The van der Waals surface area contributed by atoms with Gasteiger partial charge in [0.25, 0.3) is 10.1 Å². The average Bonchev–Trinajstić information content (AvgIpc) is 2.05. The maximum Gasteiger partial charge on any atom is 0.267 e. The second-order valence-electron chi connectivity index (χ2n) is 7.41. The van der Waals surface area contributed by atoms with Crippen LogP contribution in [-0.4, -0.2) is 39.1 Å². The van der Waals surface area contributed by atoms with Crippen LogP contribution in [0.15, 0.2) is 0 Å². The third kappa shape index (κ3) is 9.64. The van der Waals surface area contributed by atoms with E-state index < -0.39 is 26.9 Å². The first-order valence-corrected chi connectivity index (χ1v) is 9.37. The lowest BCUT2D eigenvalue weighted by molar-refractivity contribution is -0.127. The van der Waals surface area contributed by atoms with Crippen LogP contribution in [0, 0.1) is 5.92 Å². The molecular weight excluding hydrogens is 407 g/mol. The van der Waals surface area contributed by atoms with Gasteiger partial charge in [-0.05, 0) is 34.1 Å². The van der Waals surface area contributed by atoms with E-state index in [-0.39, 0.29) is 15.2 Å². The Balaban J connectivity index is 5.16. The van der Waals surface area contributed by atoms with Gasteiger partial charge in [0, 0.05) is 8.96 Å². The smallest absolute Gasteiger partial charge is 0.267 e. The highest BCUT2D eigenvalue weighted by Crippen LogP contribution is 2.33. The fourth-order valence-corrected chi connectivity index (χ4v) is 3.57. The minimum absolute atomic E-state index is 0.262. The van der Waals surface area contributed by atoms with Gasteiger partial charge in [-0.1, -0.05) is 36.4 Å². The van der Waals surface area contributed by atoms with Crippen LogP contribution in [0.5, 0.6) is 0 Å². The van der Waals surface area contributed by atoms with E-state index >= 15 is 0 Å². The van der Waals surface area contributed by atoms with Gasteiger partial charge in [-0.25, -0.2) is 0 Å². The molecule has 0 aromatic heterocycles. The molecule has 0 heterocycles. The highest BCUT2D eigenvalue weighted by atomic mass is 127. The van der Waals surface area contributed by atoms with E-state index in [9.17, 15) is 13.2 Å². The van der Waals surface area contributed by atoms with Gasteiger partial charge in [0.15, 0.2) is 0 Å². The SMILES string of the molecule is CC(C)(N)CC(C(=O)NC(C)(C)CS(=O)(=O)O)C(C)(C)I. The Kier molecular flexibility index (Phi) is 6.70. The van der Waals surface area contributed by atoms with Crippen LogP contribution in [-0.2, 0) is 14.9 Å². The van der Waals surface area contributed by atoms with Gasteiger partial charge >= 0.3 is 0 Å². The summed E-state index contributed by atoms with van der Waals surface area (Å²) in [7, 11) is -4.17. The van der Waals surface area contributed by atoms with Crippen molar-refractivity contribution in [3.63, 3.8) is 0 Å². The van der Waals surface area contributed by atoms with Crippen molar-refractivity contribution in [2.45, 2.75) is 62.5 Å². The molecule has 6 nitrogen and oxygen atoms in total. The Morgan fingerprint density at radius 1 is 1.24 bits per heavy atom. The van der Waals surface area contributed by atoms with Crippen molar-refractivity contribution in [2.24, 2.45) is 11.7 Å². The van der Waals surface area contributed by atoms with E-state index in [0.717, 1.165) is 0 Å². The molecule has 0 aliphatic heterocycles. The van der Waals surface area contributed by atoms with Gasteiger partial charge < -0.3 is 11.1 Å². The second-order valence-corrected chi connectivity index (χ2v) is 11.6. The van der Waals surface area contributed by atoms with Crippen LogP contribution in [0.1, 0.15) is 48.0 Å². The molecular formula is C13H27IN2O4S. The molecule has 0 radical (unpaired) electrons. The fraction of sp³-hybridized carbons (Fsp3) is 0.923. The molecule has 1 atom stereocenters. The van der Waals surface area contributed by atoms with Gasteiger partial charge in [0.05, 0.1) is 17.2 Å². The number of amides is 1. The summed E-state index contributed by atoms with van der Waals surface area (Å²) in [6.07, 6.45) is 0.469. The van der Waals surface area contributed by atoms with E-state index in [4.69, 9.17) is 10.3 Å². The first-order chi connectivity index (χ1) is 8.93.